The second-order valence-corrected chi connectivity index (χ2v) is 5.41. The summed E-state index contributed by atoms with van der Waals surface area (Å²) in [5.74, 6) is 1.84. The standard InChI is InChI=1S/C12H24N2/c1-9(2)11-7-14(8-11)12-5-4-6-13-10(12)3/h9-13H,4-8H2,1-3H3. The van der Waals surface area contributed by atoms with Crippen molar-refractivity contribution in [1.82, 2.24) is 10.2 Å². The van der Waals surface area contributed by atoms with Gasteiger partial charge in [-0.2, -0.15) is 0 Å². The van der Waals surface area contributed by atoms with Crippen LogP contribution < -0.4 is 5.32 Å². The van der Waals surface area contributed by atoms with Gasteiger partial charge in [0.1, 0.15) is 0 Å². The summed E-state index contributed by atoms with van der Waals surface area (Å²) in [6, 6.07) is 1.52. The number of piperidine rings is 1. The predicted octanol–water partition coefficient (Wildman–Crippen LogP) is 1.71. The molecule has 2 aliphatic rings. The molecule has 2 unspecified atom stereocenters. The van der Waals surface area contributed by atoms with E-state index in [1.807, 2.05) is 0 Å². The minimum atomic E-state index is 0.705. The Labute approximate surface area is 88.1 Å². The third-order valence-corrected chi connectivity index (χ3v) is 4.07. The van der Waals surface area contributed by atoms with Crippen LogP contribution in [0.5, 0.6) is 0 Å². The van der Waals surface area contributed by atoms with E-state index >= 15 is 0 Å². The van der Waals surface area contributed by atoms with Gasteiger partial charge in [0.05, 0.1) is 0 Å². The molecule has 14 heavy (non-hydrogen) atoms. The molecule has 0 spiro atoms. The minimum absolute atomic E-state index is 0.705. The average molecular weight is 196 g/mol. The molecule has 0 amide bonds. The highest BCUT2D eigenvalue weighted by atomic mass is 15.2. The lowest BCUT2D eigenvalue weighted by atomic mass is 9.84. The normalized spacial score (nSPS) is 36.0. The van der Waals surface area contributed by atoms with Crippen LogP contribution in [0.3, 0.4) is 0 Å². The molecule has 0 bridgehead atoms. The maximum Gasteiger partial charge on any atom is 0.0247 e. The predicted molar refractivity (Wildman–Crippen MR) is 60.4 cm³/mol. The van der Waals surface area contributed by atoms with E-state index < -0.39 is 0 Å². The van der Waals surface area contributed by atoms with Gasteiger partial charge in [-0.1, -0.05) is 13.8 Å². The molecule has 2 nitrogen and oxygen atoms in total. The van der Waals surface area contributed by atoms with Crippen LogP contribution in [0, 0.1) is 11.8 Å². The van der Waals surface area contributed by atoms with Gasteiger partial charge in [0.2, 0.25) is 0 Å². The molecule has 82 valence electrons. The Morgan fingerprint density at radius 2 is 2.00 bits per heavy atom. The van der Waals surface area contributed by atoms with Gasteiger partial charge in [-0.15, -0.1) is 0 Å². The molecular formula is C12H24N2. The van der Waals surface area contributed by atoms with Gasteiger partial charge in [0, 0.05) is 25.2 Å². The van der Waals surface area contributed by atoms with Gasteiger partial charge in [-0.05, 0) is 38.1 Å². The average Bonchev–Trinajstić information content (AvgIpc) is 2.05. The summed E-state index contributed by atoms with van der Waals surface area (Å²) in [6.45, 7) is 10.9. The number of likely N-dealkylation sites (tertiary alicyclic amines) is 1. The Kier molecular flexibility index (Phi) is 3.13. The maximum atomic E-state index is 3.58. The number of nitrogens with zero attached hydrogens (tertiary/aromatic N) is 1. The van der Waals surface area contributed by atoms with Crippen LogP contribution in [-0.2, 0) is 0 Å². The van der Waals surface area contributed by atoms with Crippen molar-refractivity contribution in [1.29, 1.82) is 0 Å². The quantitative estimate of drug-likeness (QED) is 0.723. The molecule has 2 fully saturated rings. The summed E-state index contributed by atoms with van der Waals surface area (Å²) < 4.78 is 0. The lowest BCUT2D eigenvalue weighted by Gasteiger charge is -2.49. The van der Waals surface area contributed by atoms with E-state index in [0.29, 0.717) is 6.04 Å². The monoisotopic (exact) mass is 196 g/mol. The molecule has 2 atom stereocenters. The van der Waals surface area contributed by atoms with Crippen LogP contribution in [-0.4, -0.2) is 36.6 Å². The summed E-state index contributed by atoms with van der Waals surface area (Å²) in [4.78, 5) is 2.68. The van der Waals surface area contributed by atoms with Gasteiger partial charge >= 0.3 is 0 Å². The molecule has 0 aromatic rings. The molecule has 2 saturated heterocycles. The smallest absolute Gasteiger partial charge is 0.0247 e. The third kappa shape index (κ3) is 1.96. The first-order valence-corrected chi connectivity index (χ1v) is 6.16. The van der Waals surface area contributed by atoms with Gasteiger partial charge in [0.15, 0.2) is 0 Å². The van der Waals surface area contributed by atoms with Crippen LogP contribution in [0.1, 0.15) is 33.6 Å². The molecule has 0 aromatic carbocycles. The fourth-order valence-electron chi connectivity index (χ4n) is 2.77. The summed E-state index contributed by atoms with van der Waals surface area (Å²) in [6.07, 6.45) is 2.76. The van der Waals surface area contributed by atoms with E-state index in [2.05, 4.69) is 31.0 Å². The third-order valence-electron chi connectivity index (χ3n) is 4.07. The SMILES string of the molecule is CC(C)C1CN(C2CCCNC2C)C1. The van der Waals surface area contributed by atoms with E-state index in [1.54, 1.807) is 0 Å². The first kappa shape index (κ1) is 10.4. The number of hydrogen-bond acceptors (Lipinski definition) is 2. The highest BCUT2D eigenvalue weighted by molar-refractivity contribution is 4.93. The van der Waals surface area contributed by atoms with E-state index in [9.17, 15) is 0 Å². The number of hydrogen-bond donors (Lipinski definition) is 1. The summed E-state index contributed by atoms with van der Waals surface area (Å²) in [5, 5.41) is 3.58. The highest BCUT2D eigenvalue weighted by Gasteiger charge is 2.36. The highest BCUT2D eigenvalue weighted by Crippen LogP contribution is 2.28. The second-order valence-electron chi connectivity index (χ2n) is 5.41. The van der Waals surface area contributed by atoms with E-state index in [0.717, 1.165) is 17.9 Å². The Morgan fingerprint density at radius 1 is 1.29 bits per heavy atom. The van der Waals surface area contributed by atoms with Crippen LogP contribution in [0.4, 0.5) is 0 Å². The molecule has 2 rings (SSSR count). The van der Waals surface area contributed by atoms with Crippen LogP contribution in [0.15, 0.2) is 0 Å². The van der Waals surface area contributed by atoms with Crippen molar-refractivity contribution in [2.24, 2.45) is 11.8 Å². The Morgan fingerprint density at radius 3 is 2.57 bits per heavy atom. The fraction of sp³-hybridized carbons (Fsp3) is 1.00. The summed E-state index contributed by atoms with van der Waals surface area (Å²) in [5.41, 5.74) is 0. The first-order chi connectivity index (χ1) is 6.68. The Bertz CT molecular complexity index is 185. The van der Waals surface area contributed by atoms with Gasteiger partial charge in [-0.3, -0.25) is 4.90 Å². The fourth-order valence-corrected chi connectivity index (χ4v) is 2.77. The molecule has 0 radical (unpaired) electrons. The Balaban J connectivity index is 1.80. The lowest BCUT2D eigenvalue weighted by Crippen LogP contribution is -2.60. The minimum Gasteiger partial charge on any atom is -0.313 e. The van der Waals surface area contributed by atoms with Crippen molar-refractivity contribution >= 4 is 0 Å². The van der Waals surface area contributed by atoms with Crippen LogP contribution in [0.2, 0.25) is 0 Å². The molecule has 2 heterocycles. The van der Waals surface area contributed by atoms with Gasteiger partial charge < -0.3 is 5.32 Å². The first-order valence-electron chi connectivity index (χ1n) is 6.16. The Hall–Kier alpha value is -0.0800. The van der Waals surface area contributed by atoms with Crippen molar-refractivity contribution < 1.29 is 0 Å². The van der Waals surface area contributed by atoms with Gasteiger partial charge in [-0.25, -0.2) is 0 Å². The lowest BCUT2D eigenvalue weighted by molar-refractivity contribution is 0.00424. The summed E-state index contributed by atoms with van der Waals surface area (Å²) >= 11 is 0. The van der Waals surface area contributed by atoms with E-state index in [1.165, 1.54) is 32.5 Å². The zero-order valence-corrected chi connectivity index (χ0v) is 9.79. The zero-order valence-electron chi connectivity index (χ0n) is 9.79. The summed E-state index contributed by atoms with van der Waals surface area (Å²) in [7, 11) is 0. The zero-order chi connectivity index (χ0) is 10.1. The molecule has 2 aliphatic heterocycles. The molecule has 2 heteroatoms. The van der Waals surface area contributed by atoms with Crippen molar-refractivity contribution in [3.63, 3.8) is 0 Å². The molecule has 1 N–H and O–H groups in total. The molecular weight excluding hydrogens is 172 g/mol. The largest absolute Gasteiger partial charge is 0.313 e. The van der Waals surface area contributed by atoms with Crippen molar-refractivity contribution in [3.05, 3.63) is 0 Å². The van der Waals surface area contributed by atoms with Crippen LogP contribution in [0.25, 0.3) is 0 Å². The topological polar surface area (TPSA) is 15.3 Å². The van der Waals surface area contributed by atoms with Crippen molar-refractivity contribution in [3.8, 4) is 0 Å². The van der Waals surface area contributed by atoms with Gasteiger partial charge in [0.25, 0.3) is 0 Å². The molecule has 0 aromatic heterocycles. The second kappa shape index (κ2) is 4.19. The van der Waals surface area contributed by atoms with E-state index in [-0.39, 0.29) is 0 Å². The van der Waals surface area contributed by atoms with E-state index in [4.69, 9.17) is 0 Å². The van der Waals surface area contributed by atoms with Crippen molar-refractivity contribution in [2.75, 3.05) is 19.6 Å². The molecule has 0 saturated carbocycles. The number of rotatable bonds is 2. The molecule has 0 aliphatic carbocycles. The number of nitrogens with one attached hydrogen (secondary N) is 1. The maximum absolute atomic E-state index is 3.58. The van der Waals surface area contributed by atoms with Crippen molar-refractivity contribution in [2.45, 2.75) is 45.7 Å². The van der Waals surface area contributed by atoms with Crippen LogP contribution >= 0.6 is 0 Å².